The van der Waals surface area contributed by atoms with Crippen LogP contribution in [0, 0.1) is 5.41 Å². The minimum Gasteiger partial charge on any atom is -0.388 e. The van der Waals surface area contributed by atoms with Crippen LogP contribution < -0.4 is 5.73 Å². The van der Waals surface area contributed by atoms with E-state index in [1.807, 2.05) is 0 Å². The molecule has 0 aromatic heterocycles. The van der Waals surface area contributed by atoms with E-state index in [0.29, 0.717) is 11.6 Å². The van der Waals surface area contributed by atoms with Gasteiger partial charge in [-0.1, -0.05) is 142 Å². The minimum absolute atomic E-state index is 0. The van der Waals surface area contributed by atoms with E-state index in [4.69, 9.17) is 11.1 Å². The Morgan fingerprint density at radius 3 is 0.971 bits per heavy atom. The summed E-state index contributed by atoms with van der Waals surface area (Å²) in [4.78, 5) is 12.0. The Balaban J connectivity index is 0. The van der Waals surface area contributed by atoms with Crippen LogP contribution in [0.3, 0.4) is 0 Å². The molecule has 0 saturated heterocycles. The standard InChI is InChI=1S/C30H60N2O.ClH/c1-2-3-4-5-6-7-8-9-10-11-12-13-14-15-16-17-18-20-23-26-29(33)27-24-21-19-22-25-28-30(31)32;/h2-28H2,1H3,(H3,31,32);1H. The number of ketones is 1. The van der Waals surface area contributed by atoms with Crippen molar-refractivity contribution in [3.63, 3.8) is 0 Å². The first kappa shape index (κ1) is 35.6. The van der Waals surface area contributed by atoms with Gasteiger partial charge in [-0.2, -0.15) is 0 Å². The minimum atomic E-state index is 0. The average Bonchev–Trinajstić information content (AvgIpc) is 2.79. The number of carbonyl (C=O) groups excluding carboxylic acids is 1. The van der Waals surface area contributed by atoms with E-state index < -0.39 is 0 Å². The zero-order chi connectivity index (χ0) is 24.2. The van der Waals surface area contributed by atoms with Gasteiger partial charge in [-0.25, -0.2) is 0 Å². The summed E-state index contributed by atoms with van der Waals surface area (Å²) in [5.41, 5.74) is 5.35. The van der Waals surface area contributed by atoms with E-state index in [-0.39, 0.29) is 12.4 Å². The van der Waals surface area contributed by atoms with Gasteiger partial charge in [0.25, 0.3) is 0 Å². The van der Waals surface area contributed by atoms with Gasteiger partial charge in [0.1, 0.15) is 5.78 Å². The highest BCUT2D eigenvalue weighted by molar-refractivity contribution is 5.85. The summed E-state index contributed by atoms with van der Waals surface area (Å²) in [7, 11) is 0. The molecule has 3 N–H and O–H groups in total. The van der Waals surface area contributed by atoms with Gasteiger partial charge in [0.05, 0.1) is 5.84 Å². The lowest BCUT2D eigenvalue weighted by atomic mass is 10.0. The van der Waals surface area contributed by atoms with Crippen molar-refractivity contribution in [1.29, 1.82) is 5.41 Å². The number of carbonyl (C=O) groups is 1. The first-order valence-electron chi connectivity index (χ1n) is 15.0. The van der Waals surface area contributed by atoms with Gasteiger partial charge in [0.15, 0.2) is 0 Å². The molecule has 34 heavy (non-hydrogen) atoms. The smallest absolute Gasteiger partial charge is 0.132 e. The lowest BCUT2D eigenvalue weighted by molar-refractivity contribution is -0.119. The summed E-state index contributed by atoms with van der Waals surface area (Å²) >= 11 is 0. The highest BCUT2D eigenvalue weighted by Crippen LogP contribution is 2.15. The van der Waals surface area contributed by atoms with Gasteiger partial charge in [0.2, 0.25) is 0 Å². The van der Waals surface area contributed by atoms with E-state index in [1.54, 1.807) is 0 Å². The topological polar surface area (TPSA) is 66.9 Å². The largest absolute Gasteiger partial charge is 0.388 e. The molecule has 0 aliphatic rings. The van der Waals surface area contributed by atoms with Crippen LogP contribution in [0.1, 0.15) is 180 Å². The first-order chi connectivity index (χ1) is 16.2. The van der Waals surface area contributed by atoms with Crippen LogP contribution in [0.4, 0.5) is 0 Å². The van der Waals surface area contributed by atoms with Gasteiger partial charge in [-0.15, -0.1) is 12.4 Å². The molecule has 0 aromatic carbocycles. The molecule has 4 heteroatoms. The normalized spacial score (nSPS) is 10.9. The van der Waals surface area contributed by atoms with E-state index in [0.717, 1.165) is 51.4 Å². The summed E-state index contributed by atoms with van der Waals surface area (Å²) < 4.78 is 0. The number of hydrogen-bond donors (Lipinski definition) is 2. The highest BCUT2D eigenvalue weighted by atomic mass is 35.5. The van der Waals surface area contributed by atoms with Crippen molar-refractivity contribution >= 4 is 24.0 Å². The highest BCUT2D eigenvalue weighted by Gasteiger charge is 2.02. The molecular formula is C30H61ClN2O. The number of amidine groups is 1. The first-order valence-corrected chi connectivity index (χ1v) is 15.0. The number of nitrogens with one attached hydrogen (secondary N) is 1. The number of hydrogen-bond acceptors (Lipinski definition) is 2. The van der Waals surface area contributed by atoms with Crippen molar-refractivity contribution in [2.45, 2.75) is 180 Å². The molecule has 0 atom stereocenters. The second-order valence-corrected chi connectivity index (χ2v) is 10.4. The van der Waals surface area contributed by atoms with Crippen molar-refractivity contribution in [2.75, 3.05) is 0 Å². The van der Waals surface area contributed by atoms with E-state index in [2.05, 4.69) is 6.92 Å². The quantitative estimate of drug-likeness (QED) is 0.0636. The third kappa shape index (κ3) is 31.4. The number of Topliss-reactive ketones (excluding diaryl/α,β-unsaturated/α-hetero) is 1. The Hall–Kier alpha value is -0.570. The second-order valence-electron chi connectivity index (χ2n) is 10.4. The predicted octanol–water partition coefficient (Wildman–Crippen LogP) is 10.5. The molecular weight excluding hydrogens is 440 g/mol. The van der Waals surface area contributed by atoms with E-state index >= 15 is 0 Å². The fourth-order valence-corrected chi connectivity index (χ4v) is 4.69. The van der Waals surface area contributed by atoms with Crippen LogP contribution in [0.25, 0.3) is 0 Å². The summed E-state index contributed by atoms with van der Waals surface area (Å²) in [6, 6.07) is 0. The zero-order valence-electron chi connectivity index (χ0n) is 23.0. The Kier molecular flexibility index (Phi) is 31.9. The summed E-state index contributed by atoms with van der Waals surface area (Å²) in [6.45, 7) is 2.29. The third-order valence-electron chi connectivity index (χ3n) is 6.96. The lowest BCUT2D eigenvalue weighted by Crippen LogP contribution is -2.08. The molecule has 0 aliphatic carbocycles. The fourth-order valence-electron chi connectivity index (χ4n) is 4.69. The molecule has 0 heterocycles. The summed E-state index contributed by atoms with van der Waals surface area (Å²) in [5.74, 6) is 0.760. The molecule has 0 aliphatic heterocycles. The monoisotopic (exact) mass is 500 g/mol. The van der Waals surface area contributed by atoms with Gasteiger partial charge in [-0.3, -0.25) is 10.2 Å². The van der Waals surface area contributed by atoms with Crippen LogP contribution in [-0.4, -0.2) is 11.6 Å². The lowest BCUT2D eigenvalue weighted by Gasteiger charge is -2.04. The van der Waals surface area contributed by atoms with Gasteiger partial charge < -0.3 is 5.73 Å². The number of rotatable bonds is 28. The SMILES string of the molecule is CCCCCCCCCCCCCCCCCCCCCC(=O)CCCCCCCC(=N)N.Cl. The van der Waals surface area contributed by atoms with Crippen molar-refractivity contribution in [3.05, 3.63) is 0 Å². The number of halogens is 1. The molecule has 0 rings (SSSR count). The molecule has 0 radical (unpaired) electrons. The predicted molar refractivity (Wildman–Crippen MR) is 155 cm³/mol. The second kappa shape index (κ2) is 30.5. The zero-order valence-corrected chi connectivity index (χ0v) is 23.8. The molecule has 204 valence electrons. The Morgan fingerprint density at radius 2 is 0.706 bits per heavy atom. The van der Waals surface area contributed by atoms with Gasteiger partial charge in [0, 0.05) is 19.3 Å². The molecule has 0 bridgehead atoms. The van der Waals surface area contributed by atoms with E-state index in [1.165, 1.54) is 122 Å². The molecule has 0 aromatic rings. The van der Waals surface area contributed by atoms with Crippen LogP contribution in [0.15, 0.2) is 0 Å². The van der Waals surface area contributed by atoms with Crippen molar-refractivity contribution in [1.82, 2.24) is 0 Å². The van der Waals surface area contributed by atoms with Gasteiger partial charge in [-0.05, 0) is 19.3 Å². The molecule has 0 unspecified atom stereocenters. The van der Waals surface area contributed by atoms with Crippen LogP contribution in [-0.2, 0) is 4.79 Å². The maximum absolute atomic E-state index is 12.0. The van der Waals surface area contributed by atoms with Crippen molar-refractivity contribution in [3.8, 4) is 0 Å². The fraction of sp³-hybridized carbons (Fsp3) is 0.933. The number of nitrogens with two attached hydrogens (primary N) is 1. The van der Waals surface area contributed by atoms with Crippen LogP contribution in [0.2, 0.25) is 0 Å². The maximum Gasteiger partial charge on any atom is 0.132 e. The third-order valence-corrected chi connectivity index (χ3v) is 6.96. The Morgan fingerprint density at radius 1 is 0.471 bits per heavy atom. The average molecular weight is 501 g/mol. The van der Waals surface area contributed by atoms with Crippen molar-refractivity contribution < 1.29 is 4.79 Å². The van der Waals surface area contributed by atoms with Gasteiger partial charge >= 0.3 is 0 Å². The number of unbranched alkanes of at least 4 members (excludes halogenated alkanes) is 22. The Labute approximate surface area is 220 Å². The Bertz CT molecular complexity index is 428. The molecule has 0 amide bonds. The van der Waals surface area contributed by atoms with Crippen molar-refractivity contribution in [2.24, 2.45) is 5.73 Å². The van der Waals surface area contributed by atoms with E-state index in [9.17, 15) is 4.79 Å². The summed E-state index contributed by atoms with van der Waals surface area (Å²) in [6.07, 6.45) is 34.3. The van der Waals surface area contributed by atoms with Crippen LogP contribution >= 0.6 is 12.4 Å². The van der Waals surface area contributed by atoms with Crippen LogP contribution in [0.5, 0.6) is 0 Å². The molecule has 0 saturated carbocycles. The molecule has 3 nitrogen and oxygen atoms in total. The molecule has 0 fully saturated rings. The summed E-state index contributed by atoms with van der Waals surface area (Å²) in [5, 5.41) is 7.20. The maximum atomic E-state index is 12.0. The molecule has 0 spiro atoms.